The lowest BCUT2D eigenvalue weighted by molar-refractivity contribution is -0.142. The minimum atomic E-state index is -0.627. The molecule has 0 saturated carbocycles. The number of likely N-dealkylation sites (tertiary alicyclic amines) is 1. The monoisotopic (exact) mass is 458 g/mol. The molecule has 3 aliphatic rings. The quantitative estimate of drug-likeness (QED) is 0.638. The summed E-state index contributed by atoms with van der Waals surface area (Å²) in [6.45, 7) is 8.14. The van der Waals surface area contributed by atoms with Crippen LogP contribution in [0.2, 0.25) is 0 Å². The number of hydrogen-bond donors (Lipinski definition) is 0. The third-order valence-corrected chi connectivity index (χ3v) is 6.80. The summed E-state index contributed by atoms with van der Waals surface area (Å²) in [6, 6.07) is 5.03. The molecule has 0 aromatic heterocycles. The molecule has 2 fully saturated rings. The van der Waals surface area contributed by atoms with Crippen LogP contribution in [-0.2, 0) is 14.4 Å². The smallest absolute Gasteiger partial charge is 0.235 e. The number of carbonyl (C=O) groups is 3. The number of unbranched alkanes of at least 4 members (excludes halogenated alkanes) is 1. The van der Waals surface area contributed by atoms with Gasteiger partial charge < -0.3 is 4.90 Å². The zero-order chi connectivity index (χ0) is 21.1. The summed E-state index contributed by atoms with van der Waals surface area (Å²) in [7, 11) is 0. The van der Waals surface area contributed by atoms with E-state index >= 15 is 0 Å². The van der Waals surface area contributed by atoms with Crippen molar-refractivity contribution in [1.82, 2.24) is 4.90 Å². The normalized spacial score (nSPS) is 27.9. The van der Waals surface area contributed by atoms with Gasteiger partial charge in [-0.2, -0.15) is 0 Å². The summed E-state index contributed by atoms with van der Waals surface area (Å²) >= 11 is 3.50. The highest BCUT2D eigenvalue weighted by Gasteiger charge is 2.64. The van der Waals surface area contributed by atoms with E-state index in [0.29, 0.717) is 6.54 Å². The van der Waals surface area contributed by atoms with Gasteiger partial charge in [0.15, 0.2) is 5.78 Å². The first-order chi connectivity index (χ1) is 13.7. The Kier molecular flexibility index (Phi) is 4.96. The van der Waals surface area contributed by atoms with Gasteiger partial charge in [0.25, 0.3) is 0 Å². The molecule has 154 valence electrons. The Morgan fingerprint density at radius 1 is 1.14 bits per heavy atom. The number of amides is 2. The molecule has 4 rings (SSSR count). The first-order valence-electron chi connectivity index (χ1n) is 10.3. The average Bonchev–Trinajstić information content (AvgIpc) is 3.12. The number of carbonyl (C=O) groups excluding carboxylic acids is 3. The van der Waals surface area contributed by atoms with E-state index in [1.807, 2.05) is 62.9 Å². The summed E-state index contributed by atoms with van der Waals surface area (Å²) in [5.74, 6) is -1.41. The van der Waals surface area contributed by atoms with Crippen LogP contribution < -0.4 is 4.90 Å². The van der Waals surface area contributed by atoms with Crippen molar-refractivity contribution >= 4 is 45.3 Å². The van der Waals surface area contributed by atoms with Gasteiger partial charge in [-0.05, 0) is 30.2 Å². The van der Waals surface area contributed by atoms with Crippen LogP contribution in [0.15, 0.2) is 28.7 Å². The van der Waals surface area contributed by atoms with E-state index in [1.165, 1.54) is 4.90 Å². The number of Topliss-reactive ketones (excluding diaryl/α,β-unsaturated/α-hetero) is 1. The highest BCUT2D eigenvalue weighted by molar-refractivity contribution is 9.10. The van der Waals surface area contributed by atoms with E-state index in [-0.39, 0.29) is 23.6 Å². The standard InChI is InChI=1S/C23H27BrN2O3/c1-5-6-11-25-21(28)17-16-9-7-13-12-14(24)8-10-15(13)26(16)19(18(17)22(25)29)20(27)23(2,3)4/h7-10,12,16-19H,5-6,11H2,1-4H3/t16-,17-,18-,19-/m1/s1. The second-order valence-electron chi connectivity index (χ2n) is 9.25. The lowest BCUT2D eigenvalue weighted by Gasteiger charge is -2.38. The first kappa shape index (κ1) is 20.3. The molecule has 0 spiro atoms. The van der Waals surface area contributed by atoms with E-state index in [4.69, 9.17) is 0 Å². The number of halogens is 1. The van der Waals surface area contributed by atoms with Gasteiger partial charge in [0.05, 0.1) is 17.9 Å². The Morgan fingerprint density at radius 2 is 1.83 bits per heavy atom. The molecule has 29 heavy (non-hydrogen) atoms. The van der Waals surface area contributed by atoms with Crippen LogP contribution in [0.25, 0.3) is 6.08 Å². The van der Waals surface area contributed by atoms with Gasteiger partial charge in [0, 0.05) is 22.1 Å². The number of imide groups is 1. The minimum absolute atomic E-state index is 0.0117. The van der Waals surface area contributed by atoms with Gasteiger partial charge in [-0.1, -0.05) is 62.2 Å². The van der Waals surface area contributed by atoms with Crippen LogP contribution >= 0.6 is 15.9 Å². The lowest BCUT2D eigenvalue weighted by Crippen LogP contribution is -2.51. The van der Waals surface area contributed by atoms with Crippen molar-refractivity contribution in [3.63, 3.8) is 0 Å². The maximum atomic E-state index is 13.6. The summed E-state index contributed by atoms with van der Waals surface area (Å²) in [4.78, 5) is 43.6. The molecule has 0 radical (unpaired) electrons. The Bertz CT molecular complexity index is 917. The molecule has 0 N–H and O–H groups in total. The van der Waals surface area contributed by atoms with Crippen LogP contribution in [0, 0.1) is 17.3 Å². The van der Waals surface area contributed by atoms with Gasteiger partial charge in [-0.25, -0.2) is 0 Å². The molecule has 0 bridgehead atoms. The maximum absolute atomic E-state index is 13.6. The average molecular weight is 459 g/mol. The Morgan fingerprint density at radius 3 is 2.48 bits per heavy atom. The number of fused-ring (bicyclic) bond motifs is 5. The fraction of sp³-hybridized carbons (Fsp3) is 0.522. The third-order valence-electron chi connectivity index (χ3n) is 6.30. The molecule has 4 atom stereocenters. The molecule has 6 heteroatoms. The van der Waals surface area contributed by atoms with Crippen LogP contribution in [0.3, 0.4) is 0 Å². The lowest BCUT2D eigenvalue weighted by atomic mass is 9.79. The molecule has 0 aliphatic carbocycles. The molecule has 1 aromatic rings. The van der Waals surface area contributed by atoms with Crippen LogP contribution in [-0.4, -0.2) is 41.1 Å². The number of ketones is 1. The Hall–Kier alpha value is -1.95. The third kappa shape index (κ3) is 3.07. The number of rotatable bonds is 4. The molecule has 3 aliphatic heterocycles. The van der Waals surface area contributed by atoms with E-state index in [0.717, 1.165) is 28.6 Å². The molecule has 2 saturated heterocycles. The molecule has 1 aromatic carbocycles. The topological polar surface area (TPSA) is 57.7 Å². The van der Waals surface area contributed by atoms with Crippen molar-refractivity contribution < 1.29 is 14.4 Å². The van der Waals surface area contributed by atoms with Gasteiger partial charge in [-0.15, -0.1) is 0 Å². The maximum Gasteiger partial charge on any atom is 0.235 e. The zero-order valence-corrected chi connectivity index (χ0v) is 18.9. The van der Waals surface area contributed by atoms with Crippen molar-refractivity contribution in [2.75, 3.05) is 11.4 Å². The summed E-state index contributed by atoms with van der Waals surface area (Å²) in [5.41, 5.74) is 1.30. The molecule has 0 unspecified atom stereocenters. The molecule has 5 nitrogen and oxygen atoms in total. The SMILES string of the molecule is CCCCN1C(=O)[C@@H]2[C@H](C1=O)[C@H]1C=Cc3cc(Br)ccc3N1[C@H]2C(=O)C(C)(C)C. The minimum Gasteiger partial charge on any atom is -0.353 e. The van der Waals surface area contributed by atoms with Crippen LogP contribution in [0.5, 0.6) is 0 Å². The molecule has 3 heterocycles. The van der Waals surface area contributed by atoms with Crippen molar-refractivity contribution in [2.24, 2.45) is 17.3 Å². The van der Waals surface area contributed by atoms with E-state index in [9.17, 15) is 14.4 Å². The summed E-state index contributed by atoms with van der Waals surface area (Å²) in [6.07, 6.45) is 5.70. The van der Waals surface area contributed by atoms with Gasteiger partial charge in [0.1, 0.15) is 6.04 Å². The fourth-order valence-electron chi connectivity index (χ4n) is 4.89. The fourth-order valence-corrected chi connectivity index (χ4v) is 5.26. The summed E-state index contributed by atoms with van der Waals surface area (Å²) < 4.78 is 0.954. The van der Waals surface area contributed by atoms with Crippen molar-refractivity contribution in [2.45, 2.75) is 52.6 Å². The Balaban J connectivity index is 1.83. The largest absolute Gasteiger partial charge is 0.353 e. The van der Waals surface area contributed by atoms with E-state index in [1.54, 1.807) is 0 Å². The molecular weight excluding hydrogens is 432 g/mol. The second-order valence-corrected chi connectivity index (χ2v) is 10.2. The van der Waals surface area contributed by atoms with Gasteiger partial charge in [0.2, 0.25) is 11.8 Å². The number of benzene rings is 1. The zero-order valence-electron chi connectivity index (χ0n) is 17.3. The van der Waals surface area contributed by atoms with Crippen molar-refractivity contribution in [3.05, 3.63) is 34.3 Å². The second kappa shape index (κ2) is 7.08. The van der Waals surface area contributed by atoms with Crippen molar-refractivity contribution in [3.8, 4) is 0 Å². The van der Waals surface area contributed by atoms with E-state index < -0.39 is 23.3 Å². The Labute approximate surface area is 180 Å². The predicted octanol–water partition coefficient (Wildman–Crippen LogP) is 4.05. The number of hydrogen-bond acceptors (Lipinski definition) is 4. The van der Waals surface area contributed by atoms with Crippen LogP contribution in [0.4, 0.5) is 5.69 Å². The highest BCUT2D eigenvalue weighted by atomic mass is 79.9. The highest BCUT2D eigenvalue weighted by Crippen LogP contribution is 2.50. The number of anilines is 1. The summed E-state index contributed by atoms with van der Waals surface area (Å²) in [5, 5.41) is 0. The predicted molar refractivity (Wildman–Crippen MR) is 116 cm³/mol. The number of nitrogens with zero attached hydrogens (tertiary/aromatic N) is 2. The van der Waals surface area contributed by atoms with Gasteiger partial charge >= 0.3 is 0 Å². The molecular formula is C23H27BrN2O3. The van der Waals surface area contributed by atoms with Crippen molar-refractivity contribution in [1.29, 1.82) is 0 Å². The first-order valence-corrected chi connectivity index (χ1v) is 11.1. The molecule has 2 amide bonds. The van der Waals surface area contributed by atoms with Crippen LogP contribution in [0.1, 0.15) is 46.1 Å². The van der Waals surface area contributed by atoms with E-state index in [2.05, 4.69) is 15.9 Å². The van der Waals surface area contributed by atoms with Gasteiger partial charge in [-0.3, -0.25) is 19.3 Å².